The second-order valence-corrected chi connectivity index (χ2v) is 7.38. The van der Waals surface area contributed by atoms with Crippen molar-refractivity contribution in [3.63, 3.8) is 0 Å². The molecule has 0 atom stereocenters. The standard InChI is InChI=1S/C12H17BrClFN2O2S.ClH/c1-3-12(4-2,7-16)17-20(18,19)11-9(13)5-8(15)6-10(11)14;/h5-6,17H,3-4,7,16H2,1-2H3;1H. The molecule has 122 valence electrons. The number of rotatable bonds is 6. The molecule has 21 heavy (non-hydrogen) atoms. The van der Waals surface area contributed by atoms with Crippen LogP contribution in [0, 0.1) is 5.82 Å². The summed E-state index contributed by atoms with van der Waals surface area (Å²) in [6, 6.07) is 2.02. The average Bonchev–Trinajstić information content (AvgIpc) is 2.34. The first-order valence-electron chi connectivity index (χ1n) is 6.10. The lowest BCUT2D eigenvalue weighted by atomic mass is 9.95. The van der Waals surface area contributed by atoms with Gasteiger partial charge in [0.15, 0.2) is 0 Å². The summed E-state index contributed by atoms with van der Waals surface area (Å²) in [5.74, 6) is -0.614. The summed E-state index contributed by atoms with van der Waals surface area (Å²) in [4.78, 5) is -0.180. The molecule has 0 saturated carbocycles. The molecular weight excluding hydrogens is 406 g/mol. The van der Waals surface area contributed by atoms with E-state index in [1.54, 1.807) is 0 Å². The highest BCUT2D eigenvalue weighted by molar-refractivity contribution is 9.10. The molecule has 1 rings (SSSR count). The first-order valence-corrected chi connectivity index (χ1v) is 8.75. The van der Waals surface area contributed by atoms with Crippen LogP contribution >= 0.6 is 39.9 Å². The molecule has 0 spiro atoms. The lowest BCUT2D eigenvalue weighted by Crippen LogP contribution is -2.52. The Bertz CT molecular complexity index is 564. The maximum absolute atomic E-state index is 13.2. The Kier molecular flexibility index (Phi) is 8.11. The fraction of sp³-hybridized carbons (Fsp3) is 0.500. The number of nitrogens with two attached hydrogens (primary N) is 1. The van der Waals surface area contributed by atoms with E-state index in [1.165, 1.54) is 0 Å². The van der Waals surface area contributed by atoms with E-state index < -0.39 is 21.4 Å². The van der Waals surface area contributed by atoms with Crippen LogP contribution in [-0.4, -0.2) is 20.5 Å². The normalized spacial score (nSPS) is 12.1. The fourth-order valence-electron chi connectivity index (χ4n) is 1.85. The second kappa shape index (κ2) is 8.08. The van der Waals surface area contributed by atoms with Crippen molar-refractivity contribution in [1.29, 1.82) is 0 Å². The van der Waals surface area contributed by atoms with Gasteiger partial charge in [-0.25, -0.2) is 17.5 Å². The minimum atomic E-state index is -3.91. The number of benzene rings is 1. The van der Waals surface area contributed by atoms with Crippen LogP contribution in [0.2, 0.25) is 5.02 Å². The van der Waals surface area contributed by atoms with Crippen molar-refractivity contribution in [2.75, 3.05) is 6.54 Å². The summed E-state index contributed by atoms with van der Waals surface area (Å²) in [5.41, 5.74) is 4.94. The van der Waals surface area contributed by atoms with Crippen LogP contribution in [0.25, 0.3) is 0 Å². The summed E-state index contributed by atoms with van der Waals surface area (Å²) in [7, 11) is -3.91. The van der Waals surface area contributed by atoms with Crippen molar-refractivity contribution >= 4 is 50.0 Å². The zero-order chi connectivity index (χ0) is 15.6. The monoisotopic (exact) mass is 422 g/mol. The number of nitrogens with one attached hydrogen (secondary N) is 1. The fourth-order valence-corrected chi connectivity index (χ4v) is 5.22. The molecule has 0 aliphatic rings. The molecule has 9 heteroatoms. The largest absolute Gasteiger partial charge is 0.329 e. The molecule has 0 aliphatic carbocycles. The van der Waals surface area contributed by atoms with Crippen LogP contribution in [0.4, 0.5) is 4.39 Å². The molecule has 3 N–H and O–H groups in total. The molecule has 0 unspecified atom stereocenters. The number of sulfonamides is 1. The third kappa shape index (κ3) is 4.77. The number of hydrogen-bond donors (Lipinski definition) is 2. The van der Waals surface area contributed by atoms with E-state index in [-0.39, 0.29) is 33.3 Å². The summed E-state index contributed by atoms with van der Waals surface area (Å²) in [6.45, 7) is 3.86. The quantitative estimate of drug-likeness (QED) is 0.735. The minimum absolute atomic E-state index is 0. The molecule has 0 aliphatic heterocycles. The Balaban J connectivity index is 0.00000400. The van der Waals surface area contributed by atoms with Gasteiger partial charge in [-0.05, 0) is 40.9 Å². The van der Waals surface area contributed by atoms with Gasteiger partial charge in [-0.3, -0.25) is 0 Å². The molecule has 0 amide bonds. The second-order valence-electron chi connectivity index (χ2n) is 4.50. The van der Waals surface area contributed by atoms with E-state index >= 15 is 0 Å². The maximum atomic E-state index is 13.2. The molecular formula is C12H18BrCl2FN2O2S. The SMILES string of the molecule is CCC(CC)(CN)NS(=O)(=O)c1c(Cl)cc(F)cc1Br.Cl. The smallest absolute Gasteiger partial charge is 0.243 e. The van der Waals surface area contributed by atoms with Crippen molar-refractivity contribution < 1.29 is 12.8 Å². The highest BCUT2D eigenvalue weighted by atomic mass is 79.9. The first-order chi connectivity index (χ1) is 9.21. The Morgan fingerprint density at radius 2 is 1.90 bits per heavy atom. The number of hydrogen-bond acceptors (Lipinski definition) is 3. The van der Waals surface area contributed by atoms with Gasteiger partial charge in [-0.15, -0.1) is 12.4 Å². The van der Waals surface area contributed by atoms with E-state index in [9.17, 15) is 12.8 Å². The van der Waals surface area contributed by atoms with Crippen molar-refractivity contribution in [1.82, 2.24) is 4.72 Å². The summed E-state index contributed by atoms with van der Waals surface area (Å²) in [5, 5.41) is -0.178. The van der Waals surface area contributed by atoms with Gasteiger partial charge in [-0.1, -0.05) is 25.4 Å². The van der Waals surface area contributed by atoms with Gasteiger partial charge in [-0.2, -0.15) is 0 Å². The Morgan fingerprint density at radius 3 is 2.29 bits per heavy atom. The topological polar surface area (TPSA) is 72.2 Å². The van der Waals surface area contributed by atoms with Crippen LogP contribution in [0.3, 0.4) is 0 Å². The highest BCUT2D eigenvalue weighted by Crippen LogP contribution is 2.32. The van der Waals surface area contributed by atoms with Gasteiger partial charge < -0.3 is 5.73 Å². The third-order valence-electron chi connectivity index (χ3n) is 3.33. The van der Waals surface area contributed by atoms with Gasteiger partial charge in [0, 0.05) is 16.6 Å². The molecule has 1 aromatic rings. The lowest BCUT2D eigenvalue weighted by molar-refractivity contribution is 0.363. The molecule has 0 saturated heterocycles. The molecule has 0 bridgehead atoms. The number of halogens is 4. The van der Waals surface area contributed by atoms with Gasteiger partial charge in [0.25, 0.3) is 0 Å². The first kappa shape index (κ1) is 21.1. The van der Waals surface area contributed by atoms with Crippen LogP contribution in [0.5, 0.6) is 0 Å². The zero-order valence-electron chi connectivity index (χ0n) is 11.6. The van der Waals surface area contributed by atoms with Crippen molar-refractivity contribution in [2.24, 2.45) is 5.73 Å². The van der Waals surface area contributed by atoms with E-state index in [1.807, 2.05) is 13.8 Å². The molecule has 1 aromatic carbocycles. The Hall–Kier alpha value is 0.0800. The third-order valence-corrected chi connectivity index (χ3v) is 6.30. The molecule has 4 nitrogen and oxygen atoms in total. The molecule has 0 heterocycles. The molecule has 0 aromatic heterocycles. The van der Waals surface area contributed by atoms with E-state index in [0.29, 0.717) is 12.8 Å². The predicted octanol–water partition coefficient (Wildman–Crippen LogP) is 3.46. The Morgan fingerprint density at radius 1 is 1.38 bits per heavy atom. The van der Waals surface area contributed by atoms with E-state index in [4.69, 9.17) is 17.3 Å². The van der Waals surface area contributed by atoms with Crippen molar-refractivity contribution in [3.8, 4) is 0 Å². The molecule has 0 radical (unpaired) electrons. The minimum Gasteiger partial charge on any atom is -0.329 e. The van der Waals surface area contributed by atoms with Crippen LogP contribution in [0.15, 0.2) is 21.5 Å². The lowest BCUT2D eigenvalue weighted by Gasteiger charge is -2.31. The summed E-state index contributed by atoms with van der Waals surface area (Å²) >= 11 is 8.89. The van der Waals surface area contributed by atoms with E-state index in [0.717, 1.165) is 12.1 Å². The van der Waals surface area contributed by atoms with Crippen molar-refractivity contribution in [3.05, 3.63) is 27.4 Å². The zero-order valence-corrected chi connectivity index (χ0v) is 15.6. The highest BCUT2D eigenvalue weighted by Gasteiger charge is 2.33. The summed E-state index contributed by atoms with van der Waals surface area (Å²) in [6.07, 6.45) is 1.07. The van der Waals surface area contributed by atoms with Crippen LogP contribution in [0.1, 0.15) is 26.7 Å². The van der Waals surface area contributed by atoms with Crippen LogP contribution < -0.4 is 10.5 Å². The predicted molar refractivity (Wildman–Crippen MR) is 89.0 cm³/mol. The Labute approximate surface area is 144 Å². The molecule has 0 fully saturated rings. The van der Waals surface area contributed by atoms with Crippen LogP contribution in [-0.2, 0) is 10.0 Å². The average molecular weight is 424 g/mol. The van der Waals surface area contributed by atoms with Gasteiger partial charge in [0.2, 0.25) is 10.0 Å². The van der Waals surface area contributed by atoms with Gasteiger partial charge in [0.1, 0.15) is 10.7 Å². The van der Waals surface area contributed by atoms with Gasteiger partial charge in [0.05, 0.1) is 5.02 Å². The maximum Gasteiger partial charge on any atom is 0.243 e. The van der Waals surface area contributed by atoms with Crippen molar-refractivity contribution in [2.45, 2.75) is 37.1 Å². The van der Waals surface area contributed by atoms with E-state index in [2.05, 4.69) is 20.7 Å². The van der Waals surface area contributed by atoms with Gasteiger partial charge >= 0.3 is 0 Å². The summed E-state index contributed by atoms with van der Waals surface area (Å²) < 4.78 is 40.8.